The van der Waals surface area contributed by atoms with E-state index in [2.05, 4.69) is 20.7 Å². The van der Waals surface area contributed by atoms with Crippen LogP contribution in [0, 0.1) is 5.92 Å². The zero-order chi connectivity index (χ0) is 27.6. The first-order valence-electron chi connectivity index (χ1n) is 12.1. The van der Waals surface area contributed by atoms with Crippen LogP contribution in [-0.2, 0) is 9.53 Å². The Morgan fingerprint density at radius 2 is 1.84 bits per heavy atom. The number of rotatable bonds is 7. The van der Waals surface area contributed by atoms with E-state index in [9.17, 15) is 31.5 Å². The van der Waals surface area contributed by atoms with E-state index < -0.39 is 54.6 Å². The van der Waals surface area contributed by atoms with Gasteiger partial charge in [-0.3, -0.25) is 4.79 Å². The Morgan fingerprint density at radius 1 is 1.19 bits per heavy atom. The predicted octanol–water partition coefficient (Wildman–Crippen LogP) is 5.64. The fourth-order valence-electron chi connectivity index (χ4n) is 4.21. The maximum atomic E-state index is 13.8. The van der Waals surface area contributed by atoms with Crippen molar-refractivity contribution in [2.24, 2.45) is 5.92 Å². The number of amides is 2. The van der Waals surface area contributed by atoms with Gasteiger partial charge in [-0.25, -0.2) is 23.1 Å². The number of imidazole rings is 1. The summed E-state index contributed by atoms with van der Waals surface area (Å²) in [6.45, 7) is 6.74. The van der Waals surface area contributed by atoms with E-state index in [-0.39, 0.29) is 31.6 Å². The van der Waals surface area contributed by atoms with Gasteiger partial charge in [0.25, 0.3) is 0 Å². The smallest absolute Gasteiger partial charge is 0.408 e. The largest absolute Gasteiger partial charge is 0.444 e. The quantitative estimate of drug-likeness (QED) is 0.449. The molecule has 37 heavy (non-hydrogen) atoms. The molecule has 0 saturated heterocycles. The lowest BCUT2D eigenvalue weighted by Crippen LogP contribution is -2.40. The second-order valence-electron chi connectivity index (χ2n) is 10.5. The normalized spacial score (nSPS) is 18.3. The van der Waals surface area contributed by atoms with Crippen molar-refractivity contribution in [1.29, 1.82) is 0 Å². The van der Waals surface area contributed by atoms with Gasteiger partial charge in [0.15, 0.2) is 5.65 Å². The number of aromatic nitrogens is 3. The molecular weight excluding hydrogens is 501 g/mol. The number of carbonyl (C=O) groups is 2. The minimum absolute atomic E-state index is 0.182. The number of hydrogen-bond donors (Lipinski definition) is 2. The van der Waals surface area contributed by atoms with Crippen LogP contribution in [0.4, 0.5) is 26.7 Å². The lowest BCUT2D eigenvalue weighted by Gasteiger charge is -2.33. The monoisotopic (exact) mass is 533 g/mol. The van der Waals surface area contributed by atoms with Crippen LogP contribution in [0.3, 0.4) is 0 Å². The van der Waals surface area contributed by atoms with Crippen molar-refractivity contribution < 1.29 is 36.3 Å². The van der Waals surface area contributed by atoms with Crippen LogP contribution in [0.2, 0.25) is 0 Å². The number of alkyl carbamates (subject to hydrolysis) is 1. The second-order valence-corrected chi connectivity index (χ2v) is 10.5. The molecule has 0 aliphatic heterocycles. The molecule has 0 bridgehead atoms. The predicted molar refractivity (Wildman–Crippen MR) is 124 cm³/mol. The van der Waals surface area contributed by atoms with Gasteiger partial charge in [-0.15, -0.1) is 0 Å². The standard InChI is InChI=1S/C24H32F5N5O3/c1-14(31-19(35)7-10-24(27,28)29)16-11-18-32-17(13-34(18)30-12-16)20(33-21(36)37-22(2,3)4)15-5-8-23(25,26)9-6-15/h11-15,20H,5-10H2,1-4H3,(H,31,35)(H,33,36)/t14-,20-/m0/s1. The number of fused-ring (bicyclic) bond motifs is 1. The van der Waals surface area contributed by atoms with Crippen molar-refractivity contribution in [2.75, 3.05) is 0 Å². The highest BCUT2D eigenvalue weighted by molar-refractivity contribution is 5.76. The van der Waals surface area contributed by atoms with E-state index in [1.165, 1.54) is 10.7 Å². The topological polar surface area (TPSA) is 97.6 Å². The number of nitrogens with zero attached hydrogens (tertiary/aromatic N) is 3. The van der Waals surface area contributed by atoms with E-state index in [0.717, 1.165) is 0 Å². The van der Waals surface area contributed by atoms with Gasteiger partial charge in [0.1, 0.15) is 5.60 Å². The maximum absolute atomic E-state index is 13.8. The van der Waals surface area contributed by atoms with E-state index in [1.54, 1.807) is 40.0 Å². The summed E-state index contributed by atoms with van der Waals surface area (Å²) in [6, 6.07) is 0.287. The molecule has 2 aromatic heterocycles. The summed E-state index contributed by atoms with van der Waals surface area (Å²) in [6.07, 6.45) is -4.23. The van der Waals surface area contributed by atoms with E-state index in [1.807, 2.05) is 0 Å². The molecule has 0 radical (unpaired) electrons. The lowest BCUT2D eigenvalue weighted by molar-refractivity contribution is -0.144. The van der Waals surface area contributed by atoms with E-state index >= 15 is 0 Å². The molecule has 1 aliphatic rings. The second kappa shape index (κ2) is 10.8. The molecule has 0 spiro atoms. The molecule has 1 saturated carbocycles. The van der Waals surface area contributed by atoms with Crippen LogP contribution < -0.4 is 10.6 Å². The van der Waals surface area contributed by atoms with Crippen molar-refractivity contribution in [2.45, 2.75) is 96.0 Å². The molecule has 2 amide bonds. The van der Waals surface area contributed by atoms with Crippen LogP contribution in [0.1, 0.15) is 89.6 Å². The molecule has 1 aliphatic carbocycles. The summed E-state index contributed by atoms with van der Waals surface area (Å²) in [5.74, 6) is -3.80. The number of ether oxygens (including phenoxy) is 1. The third-order valence-electron chi connectivity index (χ3n) is 6.10. The Kier molecular flexibility index (Phi) is 8.33. The molecule has 206 valence electrons. The minimum atomic E-state index is -4.43. The van der Waals surface area contributed by atoms with Gasteiger partial charge in [-0.1, -0.05) is 0 Å². The molecule has 2 atom stereocenters. The molecule has 13 heteroatoms. The minimum Gasteiger partial charge on any atom is -0.444 e. The molecule has 1 fully saturated rings. The summed E-state index contributed by atoms with van der Waals surface area (Å²) >= 11 is 0. The first-order valence-corrected chi connectivity index (χ1v) is 12.1. The molecule has 0 aromatic carbocycles. The van der Waals surface area contributed by atoms with Crippen LogP contribution >= 0.6 is 0 Å². The van der Waals surface area contributed by atoms with E-state index in [0.29, 0.717) is 16.9 Å². The van der Waals surface area contributed by atoms with Gasteiger partial charge < -0.3 is 15.4 Å². The summed E-state index contributed by atoms with van der Waals surface area (Å²) in [7, 11) is 0. The first kappa shape index (κ1) is 28.6. The number of halogens is 5. The summed E-state index contributed by atoms with van der Waals surface area (Å²) in [5, 5.41) is 9.55. The highest BCUT2D eigenvalue weighted by Crippen LogP contribution is 2.41. The zero-order valence-corrected chi connectivity index (χ0v) is 21.2. The van der Waals surface area contributed by atoms with Crippen LogP contribution in [-0.4, -0.2) is 44.3 Å². The summed E-state index contributed by atoms with van der Waals surface area (Å²) in [4.78, 5) is 29.0. The molecule has 3 rings (SSSR count). The Balaban J connectivity index is 1.80. The summed E-state index contributed by atoms with van der Waals surface area (Å²) < 4.78 is 71.5. The zero-order valence-electron chi connectivity index (χ0n) is 21.2. The van der Waals surface area contributed by atoms with Gasteiger partial charge in [0.2, 0.25) is 11.8 Å². The van der Waals surface area contributed by atoms with Crippen molar-refractivity contribution in [3.63, 3.8) is 0 Å². The van der Waals surface area contributed by atoms with Gasteiger partial charge in [-0.2, -0.15) is 18.3 Å². The van der Waals surface area contributed by atoms with Gasteiger partial charge in [-0.05, 0) is 58.1 Å². The van der Waals surface area contributed by atoms with Crippen molar-refractivity contribution in [1.82, 2.24) is 25.2 Å². The number of carbonyl (C=O) groups excluding carboxylic acids is 2. The van der Waals surface area contributed by atoms with Crippen LogP contribution in [0.5, 0.6) is 0 Å². The number of hydrogen-bond acceptors (Lipinski definition) is 5. The van der Waals surface area contributed by atoms with Gasteiger partial charge in [0, 0.05) is 19.3 Å². The molecule has 8 nitrogen and oxygen atoms in total. The Hall–Kier alpha value is -2.99. The first-order chi connectivity index (χ1) is 17.0. The van der Waals surface area contributed by atoms with Crippen molar-refractivity contribution in [3.8, 4) is 0 Å². The molecule has 2 heterocycles. The fraction of sp³-hybridized carbons (Fsp3) is 0.667. The highest BCUT2D eigenvalue weighted by atomic mass is 19.4. The number of nitrogens with one attached hydrogen (secondary N) is 2. The number of alkyl halides is 5. The molecular formula is C24H32F5N5O3. The Morgan fingerprint density at radius 3 is 2.43 bits per heavy atom. The third-order valence-corrected chi connectivity index (χ3v) is 6.10. The summed E-state index contributed by atoms with van der Waals surface area (Å²) in [5.41, 5.74) is 0.525. The molecule has 2 aromatic rings. The van der Waals surface area contributed by atoms with Gasteiger partial charge in [0.05, 0.1) is 36.6 Å². The fourth-order valence-corrected chi connectivity index (χ4v) is 4.21. The Labute approximate surface area is 211 Å². The SMILES string of the molecule is C[C@H](NC(=O)CCC(F)(F)F)c1cnn2cc([C@@H](NC(=O)OC(C)(C)C)C3CCC(F)(F)CC3)nc2c1. The van der Waals surface area contributed by atoms with Gasteiger partial charge >= 0.3 is 12.3 Å². The highest BCUT2D eigenvalue weighted by Gasteiger charge is 2.39. The van der Waals surface area contributed by atoms with Crippen LogP contribution in [0.15, 0.2) is 18.5 Å². The van der Waals surface area contributed by atoms with E-state index in [4.69, 9.17) is 4.74 Å². The van der Waals surface area contributed by atoms with Crippen molar-refractivity contribution in [3.05, 3.63) is 29.7 Å². The molecule has 2 N–H and O–H groups in total. The van der Waals surface area contributed by atoms with Crippen LogP contribution in [0.25, 0.3) is 5.65 Å². The Bertz CT molecular complexity index is 1100. The average molecular weight is 534 g/mol. The lowest BCUT2D eigenvalue weighted by atomic mass is 9.81. The molecule has 0 unspecified atom stereocenters. The third kappa shape index (κ3) is 8.53. The maximum Gasteiger partial charge on any atom is 0.408 e. The average Bonchev–Trinajstić information content (AvgIpc) is 3.18. The van der Waals surface area contributed by atoms with Crippen molar-refractivity contribution >= 4 is 17.6 Å².